The molecule has 1 aromatic heterocycles. The number of carbonyl (C=O) groups is 2. The maximum atomic E-state index is 12.0. The number of ether oxygens (including phenoxy) is 1. The number of amides is 1. The van der Waals surface area contributed by atoms with Gasteiger partial charge < -0.3 is 19.7 Å². The van der Waals surface area contributed by atoms with E-state index in [0.717, 1.165) is 0 Å². The topological polar surface area (TPSA) is 93.5 Å². The molecule has 0 aliphatic carbocycles. The number of aromatic nitrogens is 2. The molecule has 134 valence electrons. The molecule has 0 saturated heterocycles. The summed E-state index contributed by atoms with van der Waals surface area (Å²) in [6, 6.07) is 5.24. The van der Waals surface area contributed by atoms with Gasteiger partial charge in [0.25, 0.3) is 5.91 Å². The van der Waals surface area contributed by atoms with E-state index in [9.17, 15) is 22.8 Å². The minimum Gasteiger partial charge on any atom is -0.484 e. The van der Waals surface area contributed by atoms with Crippen LogP contribution in [-0.2, 0) is 6.54 Å². The van der Waals surface area contributed by atoms with Crippen LogP contribution >= 0.6 is 0 Å². The van der Waals surface area contributed by atoms with Crippen LogP contribution in [0.4, 0.5) is 13.2 Å². The molecule has 2 N–H and O–H groups in total. The fraction of sp³-hybridized carbons (Fsp3) is 0.267. The first-order chi connectivity index (χ1) is 11.7. The Bertz CT molecular complexity index is 741. The molecular weight excluding hydrogens is 343 g/mol. The van der Waals surface area contributed by atoms with E-state index in [4.69, 9.17) is 5.11 Å². The molecule has 0 bridgehead atoms. The Morgan fingerprint density at radius 2 is 1.92 bits per heavy atom. The van der Waals surface area contributed by atoms with Crippen LogP contribution in [0.25, 0.3) is 0 Å². The van der Waals surface area contributed by atoms with Crippen LogP contribution in [0.1, 0.15) is 20.8 Å². The second-order valence-electron chi connectivity index (χ2n) is 4.99. The van der Waals surface area contributed by atoms with Gasteiger partial charge >= 0.3 is 12.1 Å². The number of imidazole rings is 1. The zero-order valence-corrected chi connectivity index (χ0v) is 12.8. The maximum absolute atomic E-state index is 12.0. The predicted molar refractivity (Wildman–Crippen MR) is 79.5 cm³/mol. The highest BCUT2D eigenvalue weighted by Gasteiger charge is 2.28. The lowest BCUT2D eigenvalue weighted by atomic mass is 10.2. The van der Waals surface area contributed by atoms with E-state index in [-0.39, 0.29) is 23.6 Å². The number of carboxylic acid groups (broad SMARTS) is 1. The summed E-state index contributed by atoms with van der Waals surface area (Å²) in [6.45, 7) is -0.860. The second-order valence-corrected chi connectivity index (χ2v) is 4.99. The van der Waals surface area contributed by atoms with Gasteiger partial charge in [-0.05, 0) is 24.3 Å². The van der Waals surface area contributed by atoms with Crippen LogP contribution in [0.15, 0.2) is 36.8 Å². The van der Waals surface area contributed by atoms with E-state index < -0.39 is 24.7 Å². The zero-order chi connectivity index (χ0) is 18.4. The van der Waals surface area contributed by atoms with Crippen molar-refractivity contribution in [1.82, 2.24) is 14.9 Å². The molecule has 0 spiro atoms. The van der Waals surface area contributed by atoms with Gasteiger partial charge in [-0.2, -0.15) is 13.2 Å². The number of nitrogens with zero attached hydrogens (tertiary/aromatic N) is 2. The minimum atomic E-state index is -4.43. The van der Waals surface area contributed by atoms with Crippen LogP contribution in [0.2, 0.25) is 0 Å². The maximum Gasteiger partial charge on any atom is 0.422 e. The number of halogens is 3. The Morgan fingerprint density at radius 3 is 2.48 bits per heavy atom. The molecule has 25 heavy (non-hydrogen) atoms. The average molecular weight is 357 g/mol. The first kappa shape index (κ1) is 18.3. The van der Waals surface area contributed by atoms with Crippen molar-refractivity contribution in [3.63, 3.8) is 0 Å². The summed E-state index contributed by atoms with van der Waals surface area (Å²) in [5, 5.41) is 11.4. The van der Waals surface area contributed by atoms with E-state index in [2.05, 4.69) is 15.0 Å². The van der Waals surface area contributed by atoms with Gasteiger partial charge in [0, 0.05) is 24.8 Å². The van der Waals surface area contributed by atoms with Crippen molar-refractivity contribution >= 4 is 11.9 Å². The summed E-state index contributed by atoms with van der Waals surface area (Å²) in [5.41, 5.74) is 0.164. The van der Waals surface area contributed by atoms with Crippen molar-refractivity contribution in [2.45, 2.75) is 12.7 Å². The van der Waals surface area contributed by atoms with Gasteiger partial charge in [-0.15, -0.1) is 0 Å². The fourth-order valence-corrected chi connectivity index (χ4v) is 1.86. The normalized spacial score (nSPS) is 11.2. The third kappa shape index (κ3) is 5.83. The zero-order valence-electron chi connectivity index (χ0n) is 12.8. The highest BCUT2D eigenvalue weighted by molar-refractivity contribution is 5.94. The molecule has 2 rings (SSSR count). The van der Waals surface area contributed by atoms with Crippen LogP contribution in [-0.4, -0.2) is 45.9 Å². The van der Waals surface area contributed by atoms with Gasteiger partial charge in [-0.1, -0.05) is 0 Å². The van der Waals surface area contributed by atoms with Crippen molar-refractivity contribution in [3.05, 3.63) is 48.0 Å². The molecule has 0 saturated carbocycles. The number of alkyl halides is 3. The molecule has 0 atom stereocenters. The van der Waals surface area contributed by atoms with Gasteiger partial charge in [0.15, 0.2) is 12.3 Å². The van der Waals surface area contributed by atoms with Crippen LogP contribution in [0.3, 0.4) is 0 Å². The molecule has 7 nitrogen and oxygen atoms in total. The number of hydrogen-bond acceptors (Lipinski definition) is 4. The standard InChI is InChI=1S/C15H14F3N3O4/c16-15(17,18)8-25-11-3-1-10(2-4-11)13(22)19-5-6-21-7-12(14(23)24)20-9-21/h1-4,7,9H,5-6,8H2,(H,19,22)(H,23,24). The molecule has 0 radical (unpaired) electrons. The van der Waals surface area contributed by atoms with Gasteiger partial charge in [0.1, 0.15) is 5.75 Å². The van der Waals surface area contributed by atoms with Crippen molar-refractivity contribution in [2.75, 3.05) is 13.2 Å². The monoisotopic (exact) mass is 357 g/mol. The number of carbonyl (C=O) groups excluding carboxylic acids is 1. The summed E-state index contributed by atoms with van der Waals surface area (Å²) in [5.74, 6) is -1.55. The van der Waals surface area contributed by atoms with Crippen LogP contribution in [0, 0.1) is 0 Å². The molecule has 0 unspecified atom stereocenters. The average Bonchev–Trinajstić information content (AvgIpc) is 3.02. The Balaban J connectivity index is 1.81. The SMILES string of the molecule is O=C(NCCn1cnc(C(=O)O)c1)c1ccc(OCC(F)(F)F)cc1. The molecule has 10 heteroatoms. The molecule has 1 heterocycles. The number of benzene rings is 1. The Morgan fingerprint density at radius 1 is 1.24 bits per heavy atom. The molecule has 1 amide bonds. The van der Waals surface area contributed by atoms with Crippen LogP contribution in [0.5, 0.6) is 5.75 Å². The molecule has 0 aliphatic heterocycles. The highest BCUT2D eigenvalue weighted by atomic mass is 19.4. The lowest BCUT2D eigenvalue weighted by Crippen LogP contribution is -2.27. The number of carboxylic acids is 1. The van der Waals surface area contributed by atoms with Crippen molar-refractivity contribution in [3.8, 4) is 5.75 Å². The lowest BCUT2D eigenvalue weighted by Gasteiger charge is -2.10. The minimum absolute atomic E-state index is 0.00786. The van der Waals surface area contributed by atoms with E-state index in [1.807, 2.05) is 0 Å². The van der Waals surface area contributed by atoms with Crippen molar-refractivity contribution in [2.24, 2.45) is 0 Å². The summed E-state index contributed by atoms with van der Waals surface area (Å²) in [6.07, 6.45) is -1.76. The third-order valence-electron chi connectivity index (χ3n) is 3.03. The van der Waals surface area contributed by atoms with Crippen molar-refractivity contribution < 1.29 is 32.6 Å². The molecule has 1 aromatic carbocycles. The van der Waals surface area contributed by atoms with E-state index in [0.29, 0.717) is 6.54 Å². The lowest BCUT2D eigenvalue weighted by molar-refractivity contribution is -0.153. The van der Waals surface area contributed by atoms with Gasteiger partial charge in [0.05, 0.1) is 6.33 Å². The number of rotatable bonds is 7. The van der Waals surface area contributed by atoms with Crippen LogP contribution < -0.4 is 10.1 Å². The Hall–Kier alpha value is -3.04. The molecular formula is C15H14F3N3O4. The fourth-order valence-electron chi connectivity index (χ4n) is 1.86. The third-order valence-corrected chi connectivity index (χ3v) is 3.03. The number of aromatic carboxylic acids is 1. The smallest absolute Gasteiger partial charge is 0.422 e. The largest absolute Gasteiger partial charge is 0.484 e. The first-order valence-corrected chi connectivity index (χ1v) is 7.07. The summed E-state index contributed by atoms with van der Waals surface area (Å²) >= 11 is 0. The molecule has 0 fully saturated rings. The summed E-state index contributed by atoms with van der Waals surface area (Å²) in [4.78, 5) is 26.3. The Labute approximate surface area is 140 Å². The predicted octanol–water partition coefficient (Wildman–Crippen LogP) is 1.95. The van der Waals surface area contributed by atoms with E-state index >= 15 is 0 Å². The highest BCUT2D eigenvalue weighted by Crippen LogP contribution is 2.18. The molecule has 0 aliphatic rings. The first-order valence-electron chi connectivity index (χ1n) is 7.07. The van der Waals surface area contributed by atoms with E-state index in [1.54, 1.807) is 0 Å². The van der Waals surface area contributed by atoms with Gasteiger partial charge in [-0.3, -0.25) is 4.79 Å². The summed E-state index contributed by atoms with van der Waals surface area (Å²) < 4.78 is 42.2. The van der Waals surface area contributed by atoms with Crippen molar-refractivity contribution in [1.29, 1.82) is 0 Å². The van der Waals surface area contributed by atoms with E-state index in [1.165, 1.54) is 41.4 Å². The van der Waals surface area contributed by atoms with Gasteiger partial charge in [0.2, 0.25) is 0 Å². The number of nitrogens with one attached hydrogen (secondary N) is 1. The van der Waals surface area contributed by atoms with Gasteiger partial charge in [-0.25, -0.2) is 9.78 Å². The summed E-state index contributed by atoms with van der Waals surface area (Å²) in [7, 11) is 0. The Kier molecular flexibility index (Phi) is 5.63. The quantitative estimate of drug-likeness (QED) is 0.790. The second kappa shape index (κ2) is 7.69. The number of hydrogen-bond donors (Lipinski definition) is 2. The molecule has 2 aromatic rings.